The zero-order chi connectivity index (χ0) is 22.3. The number of benzene rings is 2. The van der Waals surface area contributed by atoms with Crippen molar-refractivity contribution in [1.82, 2.24) is 9.99 Å². The van der Waals surface area contributed by atoms with Crippen molar-refractivity contribution in [3.8, 4) is 5.69 Å². The van der Waals surface area contributed by atoms with Gasteiger partial charge in [0.15, 0.2) is 0 Å². The Hall–Kier alpha value is -3.69. The number of sulfonamides is 1. The fourth-order valence-electron chi connectivity index (χ4n) is 3.30. The molecule has 1 aliphatic heterocycles. The first-order valence-electron chi connectivity index (χ1n) is 9.40. The molecule has 0 saturated carbocycles. The van der Waals surface area contributed by atoms with E-state index < -0.39 is 21.8 Å². The lowest BCUT2D eigenvalue weighted by molar-refractivity contribution is -0.117. The molecule has 2 aromatic carbocycles. The molecule has 2 amide bonds. The van der Waals surface area contributed by atoms with Gasteiger partial charge in [-0.2, -0.15) is 0 Å². The maximum absolute atomic E-state index is 12.9. The number of carbonyl (C=O) groups excluding carboxylic acids is 2. The maximum Gasteiger partial charge on any atom is 0.282 e. The van der Waals surface area contributed by atoms with Gasteiger partial charge in [0.25, 0.3) is 11.8 Å². The number of nitrogens with one attached hydrogen (secondary N) is 1. The van der Waals surface area contributed by atoms with E-state index in [1.807, 2.05) is 26.0 Å². The third-order valence-electron chi connectivity index (χ3n) is 5.16. The maximum atomic E-state index is 12.9. The van der Waals surface area contributed by atoms with Gasteiger partial charge in [-0.25, -0.2) is 18.6 Å². The quantitative estimate of drug-likeness (QED) is 0.482. The van der Waals surface area contributed by atoms with E-state index in [0.717, 1.165) is 11.1 Å². The molecule has 0 bridgehead atoms. The molecule has 1 aliphatic rings. The van der Waals surface area contributed by atoms with Gasteiger partial charge in [-0.05, 0) is 79.6 Å². The second-order valence-corrected chi connectivity index (χ2v) is 8.81. The molecule has 1 fully saturated rings. The van der Waals surface area contributed by atoms with Crippen molar-refractivity contribution in [2.24, 2.45) is 5.14 Å². The van der Waals surface area contributed by atoms with Gasteiger partial charge in [-0.15, -0.1) is 0 Å². The van der Waals surface area contributed by atoms with Gasteiger partial charge in [0.05, 0.1) is 10.6 Å². The van der Waals surface area contributed by atoms with Gasteiger partial charge in [-0.1, -0.05) is 6.07 Å². The molecule has 4 rings (SSSR count). The molecule has 31 heavy (non-hydrogen) atoms. The summed E-state index contributed by atoms with van der Waals surface area (Å²) in [5.41, 5.74) is 6.52. The van der Waals surface area contributed by atoms with Crippen LogP contribution >= 0.6 is 0 Å². The number of primary sulfonamides is 1. The van der Waals surface area contributed by atoms with Gasteiger partial charge in [0.1, 0.15) is 5.57 Å². The number of aromatic nitrogens is 1. The molecule has 158 valence electrons. The van der Waals surface area contributed by atoms with E-state index in [-0.39, 0.29) is 10.5 Å². The second-order valence-electron chi connectivity index (χ2n) is 7.25. The molecule has 0 unspecified atom stereocenters. The van der Waals surface area contributed by atoms with Gasteiger partial charge < -0.3 is 4.57 Å². The van der Waals surface area contributed by atoms with Crippen molar-refractivity contribution in [1.29, 1.82) is 0 Å². The van der Waals surface area contributed by atoms with E-state index in [2.05, 4.69) is 5.43 Å². The second kappa shape index (κ2) is 7.53. The van der Waals surface area contributed by atoms with Crippen LogP contribution in [-0.4, -0.2) is 24.8 Å². The standard InChI is InChI=1S/C22H20N4O4S/c1-14-5-6-18(12-15(14)2)26-22(28)20(21(27)24-26)13-17-4-3-11-25(17)16-7-9-19(10-8-16)31(23,29)30/h3-13H,1-2H3,(H,24,27)(H2,23,29,30)/b20-13-. The third-order valence-corrected chi connectivity index (χ3v) is 6.09. The van der Waals surface area contributed by atoms with E-state index in [1.54, 1.807) is 41.1 Å². The fraction of sp³-hybridized carbons (Fsp3) is 0.0909. The molecular formula is C22H20N4O4S. The van der Waals surface area contributed by atoms with Crippen molar-refractivity contribution in [3.63, 3.8) is 0 Å². The molecule has 3 aromatic rings. The first-order chi connectivity index (χ1) is 14.6. The number of nitrogens with two attached hydrogens (primary N) is 1. The molecule has 0 aliphatic carbocycles. The summed E-state index contributed by atoms with van der Waals surface area (Å²) in [6.07, 6.45) is 3.25. The van der Waals surface area contributed by atoms with Crippen LogP contribution in [0, 0.1) is 13.8 Å². The van der Waals surface area contributed by atoms with Crippen molar-refractivity contribution in [2.45, 2.75) is 18.7 Å². The van der Waals surface area contributed by atoms with Gasteiger partial charge in [0.2, 0.25) is 10.0 Å². The van der Waals surface area contributed by atoms with Crippen LogP contribution in [0.1, 0.15) is 16.8 Å². The Labute approximate surface area is 179 Å². The summed E-state index contributed by atoms with van der Waals surface area (Å²) < 4.78 is 24.7. The zero-order valence-electron chi connectivity index (χ0n) is 16.9. The lowest BCUT2D eigenvalue weighted by atomic mass is 10.1. The Bertz CT molecular complexity index is 1340. The minimum absolute atomic E-state index is 0.000616. The number of hydrogen-bond donors (Lipinski definition) is 2. The van der Waals surface area contributed by atoms with Crippen LogP contribution in [0.4, 0.5) is 5.69 Å². The van der Waals surface area contributed by atoms with Crippen molar-refractivity contribution >= 4 is 33.6 Å². The molecule has 2 heterocycles. The molecule has 0 spiro atoms. The van der Waals surface area contributed by atoms with Crippen LogP contribution in [0.15, 0.2) is 71.3 Å². The summed E-state index contributed by atoms with van der Waals surface area (Å²) in [7, 11) is -3.79. The summed E-state index contributed by atoms with van der Waals surface area (Å²) in [4.78, 5) is 25.4. The van der Waals surface area contributed by atoms with E-state index in [0.29, 0.717) is 17.1 Å². The zero-order valence-corrected chi connectivity index (χ0v) is 17.7. The monoisotopic (exact) mass is 436 g/mol. The fourth-order valence-corrected chi connectivity index (χ4v) is 3.81. The van der Waals surface area contributed by atoms with Crippen molar-refractivity contribution in [2.75, 3.05) is 5.01 Å². The Morgan fingerprint density at radius 3 is 2.26 bits per heavy atom. The van der Waals surface area contributed by atoms with E-state index in [4.69, 9.17) is 5.14 Å². The average molecular weight is 436 g/mol. The predicted molar refractivity (Wildman–Crippen MR) is 117 cm³/mol. The summed E-state index contributed by atoms with van der Waals surface area (Å²) in [5, 5.41) is 6.37. The SMILES string of the molecule is Cc1ccc(N2NC(=O)/C(=C/c3cccn3-c3ccc(S(N)(=O)=O)cc3)C2=O)cc1C. The highest BCUT2D eigenvalue weighted by Gasteiger charge is 2.34. The number of hydrazine groups is 1. The Kier molecular flexibility index (Phi) is 5.00. The minimum atomic E-state index is -3.79. The topological polar surface area (TPSA) is 114 Å². The molecule has 3 N–H and O–H groups in total. The van der Waals surface area contributed by atoms with Crippen LogP contribution in [0.2, 0.25) is 0 Å². The van der Waals surface area contributed by atoms with Crippen LogP contribution in [-0.2, 0) is 19.6 Å². The number of anilines is 1. The van der Waals surface area contributed by atoms with Crippen LogP contribution in [0.3, 0.4) is 0 Å². The number of aryl methyl sites for hydroxylation is 2. The number of carbonyl (C=O) groups is 2. The Morgan fingerprint density at radius 2 is 1.61 bits per heavy atom. The number of rotatable bonds is 4. The highest BCUT2D eigenvalue weighted by molar-refractivity contribution is 7.89. The van der Waals surface area contributed by atoms with Crippen molar-refractivity contribution in [3.05, 3.63) is 83.2 Å². The first-order valence-corrected chi connectivity index (χ1v) is 10.9. The Morgan fingerprint density at radius 1 is 0.935 bits per heavy atom. The average Bonchev–Trinajstić information content (AvgIpc) is 3.29. The van der Waals surface area contributed by atoms with Crippen molar-refractivity contribution < 1.29 is 18.0 Å². The lowest BCUT2D eigenvalue weighted by Crippen LogP contribution is -2.35. The van der Waals surface area contributed by atoms with E-state index >= 15 is 0 Å². The largest absolute Gasteiger partial charge is 0.317 e. The van der Waals surface area contributed by atoms with Crippen LogP contribution in [0.5, 0.6) is 0 Å². The number of nitrogens with zero attached hydrogens (tertiary/aromatic N) is 2. The van der Waals surface area contributed by atoms with Gasteiger partial charge in [-0.3, -0.25) is 15.0 Å². The highest BCUT2D eigenvalue weighted by atomic mass is 32.2. The summed E-state index contributed by atoms with van der Waals surface area (Å²) in [6, 6.07) is 15.0. The molecule has 9 heteroatoms. The normalized spacial score (nSPS) is 15.6. The first kappa shape index (κ1) is 20.6. The summed E-state index contributed by atoms with van der Waals surface area (Å²) in [6.45, 7) is 3.91. The molecule has 8 nitrogen and oxygen atoms in total. The molecule has 0 radical (unpaired) electrons. The smallest absolute Gasteiger partial charge is 0.282 e. The molecule has 1 aromatic heterocycles. The van der Waals surface area contributed by atoms with Crippen LogP contribution in [0.25, 0.3) is 11.8 Å². The summed E-state index contributed by atoms with van der Waals surface area (Å²) >= 11 is 0. The molecule has 1 saturated heterocycles. The van der Waals surface area contributed by atoms with E-state index in [9.17, 15) is 18.0 Å². The van der Waals surface area contributed by atoms with Crippen LogP contribution < -0.4 is 15.6 Å². The van der Waals surface area contributed by atoms with E-state index in [1.165, 1.54) is 23.2 Å². The number of amides is 2. The Balaban J connectivity index is 1.67. The molecular weight excluding hydrogens is 416 g/mol. The highest BCUT2D eigenvalue weighted by Crippen LogP contribution is 2.25. The molecule has 0 atom stereocenters. The third kappa shape index (κ3) is 3.88. The number of hydrogen-bond acceptors (Lipinski definition) is 4. The van der Waals surface area contributed by atoms with Gasteiger partial charge in [0, 0.05) is 17.6 Å². The predicted octanol–water partition coefficient (Wildman–Crippen LogP) is 2.20. The van der Waals surface area contributed by atoms with Gasteiger partial charge >= 0.3 is 0 Å². The lowest BCUT2D eigenvalue weighted by Gasteiger charge is -2.16. The summed E-state index contributed by atoms with van der Waals surface area (Å²) in [5.74, 6) is -0.953. The minimum Gasteiger partial charge on any atom is -0.317 e.